The number of hydrogen-bond acceptors (Lipinski definition) is 2. The summed E-state index contributed by atoms with van der Waals surface area (Å²) in [7, 11) is 0. The Labute approximate surface area is 65.8 Å². The summed E-state index contributed by atoms with van der Waals surface area (Å²) in [5, 5.41) is 0. The highest BCUT2D eigenvalue weighted by atomic mass is 32.2. The fourth-order valence-electron chi connectivity index (χ4n) is 0.304. The molecule has 0 amide bonds. The maximum atomic E-state index is 4.74. The molecule has 0 aliphatic heterocycles. The first-order chi connectivity index (χ1) is 3.77. The summed E-state index contributed by atoms with van der Waals surface area (Å²) in [5.41, 5.74) is 0. The highest BCUT2D eigenvalue weighted by Crippen LogP contribution is 2.09. The van der Waals surface area contributed by atoms with Gasteiger partial charge in [0, 0.05) is 0 Å². The van der Waals surface area contributed by atoms with Crippen molar-refractivity contribution in [3.05, 3.63) is 0 Å². The molecule has 0 nitrogen and oxygen atoms in total. The lowest BCUT2D eigenvalue weighted by Gasteiger charge is -1.92. The van der Waals surface area contributed by atoms with Crippen LogP contribution in [0.5, 0.6) is 0 Å². The van der Waals surface area contributed by atoms with Crippen molar-refractivity contribution in [2.45, 2.75) is 19.8 Å². The van der Waals surface area contributed by atoms with Crippen molar-refractivity contribution in [1.29, 1.82) is 0 Å². The maximum absolute atomic E-state index is 4.74. The van der Waals surface area contributed by atoms with Crippen molar-refractivity contribution < 1.29 is 0 Å². The molecule has 0 rings (SSSR count). The quantitative estimate of drug-likeness (QED) is 0.389. The zero-order valence-corrected chi connectivity index (χ0v) is 7.41. The second kappa shape index (κ2) is 5.92. The van der Waals surface area contributed by atoms with Gasteiger partial charge < -0.3 is 0 Å². The standard InChI is InChI=1S/C5H10S3/c1-2-3-4-8-5(6)7/h2-4H2,1H3,(H,6,7). The molecule has 0 atom stereocenters. The molecule has 0 bridgehead atoms. The fourth-order valence-corrected chi connectivity index (χ4v) is 1.44. The molecule has 0 radical (unpaired) electrons. The van der Waals surface area contributed by atoms with Crippen molar-refractivity contribution in [3.8, 4) is 0 Å². The molecule has 0 aromatic carbocycles. The van der Waals surface area contributed by atoms with E-state index in [1.807, 2.05) is 0 Å². The highest BCUT2D eigenvalue weighted by molar-refractivity contribution is 8.41. The van der Waals surface area contributed by atoms with Crippen LogP contribution in [0.1, 0.15) is 19.8 Å². The van der Waals surface area contributed by atoms with Gasteiger partial charge in [0.25, 0.3) is 0 Å². The SMILES string of the molecule is CCCCSC(=S)S. The summed E-state index contributed by atoms with van der Waals surface area (Å²) in [6, 6.07) is 0. The lowest BCUT2D eigenvalue weighted by molar-refractivity contribution is 0.898. The van der Waals surface area contributed by atoms with E-state index in [2.05, 4.69) is 19.6 Å². The van der Waals surface area contributed by atoms with E-state index in [4.69, 9.17) is 12.2 Å². The zero-order chi connectivity index (χ0) is 6.41. The van der Waals surface area contributed by atoms with Crippen LogP contribution in [0.3, 0.4) is 0 Å². The van der Waals surface area contributed by atoms with Gasteiger partial charge >= 0.3 is 0 Å². The van der Waals surface area contributed by atoms with Crippen LogP contribution in [0, 0.1) is 0 Å². The number of thiol groups is 1. The van der Waals surface area contributed by atoms with Crippen LogP contribution < -0.4 is 0 Å². The number of rotatable bonds is 3. The first-order valence-electron chi connectivity index (χ1n) is 2.63. The smallest absolute Gasteiger partial charge is 0.101 e. The van der Waals surface area contributed by atoms with Gasteiger partial charge in [0.05, 0.1) is 0 Å². The van der Waals surface area contributed by atoms with E-state index in [-0.39, 0.29) is 0 Å². The Morgan fingerprint density at radius 3 is 2.75 bits per heavy atom. The third kappa shape index (κ3) is 6.79. The molecular formula is C5H10S3. The van der Waals surface area contributed by atoms with E-state index in [1.165, 1.54) is 12.8 Å². The Balaban J connectivity index is 2.82. The van der Waals surface area contributed by atoms with Gasteiger partial charge in [-0.25, -0.2) is 0 Å². The molecule has 0 heterocycles. The van der Waals surface area contributed by atoms with Crippen LogP contribution in [-0.4, -0.2) is 9.28 Å². The van der Waals surface area contributed by atoms with Gasteiger partial charge in [-0.05, 0) is 12.2 Å². The minimum absolute atomic E-state index is 0.762. The van der Waals surface area contributed by atoms with Gasteiger partial charge in [-0.15, -0.1) is 24.4 Å². The van der Waals surface area contributed by atoms with Crippen molar-refractivity contribution in [3.63, 3.8) is 0 Å². The molecule has 0 N–H and O–H groups in total. The average Bonchev–Trinajstić information content (AvgIpc) is 1.66. The Hall–Kier alpha value is 0.790. The van der Waals surface area contributed by atoms with E-state index in [1.54, 1.807) is 11.8 Å². The molecule has 0 aromatic rings. The normalized spacial score (nSPS) is 9.25. The molecule has 48 valence electrons. The zero-order valence-electron chi connectivity index (χ0n) is 4.89. The lowest BCUT2D eigenvalue weighted by Crippen LogP contribution is -1.78. The minimum Gasteiger partial charge on any atom is -0.125 e. The predicted octanol–water partition coefficient (Wildman–Crippen LogP) is 2.73. The van der Waals surface area contributed by atoms with Gasteiger partial charge in [0.1, 0.15) is 3.53 Å². The van der Waals surface area contributed by atoms with Gasteiger partial charge in [-0.3, -0.25) is 0 Å². The van der Waals surface area contributed by atoms with E-state index in [0.717, 1.165) is 9.28 Å². The number of unbranched alkanes of at least 4 members (excludes halogenated alkanes) is 1. The summed E-state index contributed by atoms with van der Waals surface area (Å²) >= 11 is 10.4. The number of thioether (sulfide) groups is 1. The molecule has 0 saturated carbocycles. The lowest BCUT2D eigenvalue weighted by atomic mass is 10.4. The summed E-state index contributed by atoms with van der Waals surface area (Å²) in [4.78, 5) is 0. The Morgan fingerprint density at radius 2 is 2.38 bits per heavy atom. The monoisotopic (exact) mass is 166 g/mol. The largest absolute Gasteiger partial charge is 0.125 e. The van der Waals surface area contributed by atoms with Crippen LogP contribution in [-0.2, 0) is 0 Å². The van der Waals surface area contributed by atoms with Crippen molar-refractivity contribution in [2.24, 2.45) is 0 Å². The highest BCUT2D eigenvalue weighted by Gasteiger charge is 1.87. The van der Waals surface area contributed by atoms with Crippen LogP contribution in [0.15, 0.2) is 0 Å². The Bertz CT molecular complexity index is 70.1. The molecule has 0 fully saturated rings. The van der Waals surface area contributed by atoms with Crippen LogP contribution in [0.25, 0.3) is 0 Å². The van der Waals surface area contributed by atoms with Gasteiger partial charge in [0.15, 0.2) is 0 Å². The van der Waals surface area contributed by atoms with E-state index < -0.39 is 0 Å². The second-order valence-electron chi connectivity index (χ2n) is 1.47. The Kier molecular flexibility index (Phi) is 6.50. The van der Waals surface area contributed by atoms with Crippen LogP contribution in [0.2, 0.25) is 0 Å². The van der Waals surface area contributed by atoms with Gasteiger partial charge in [0.2, 0.25) is 0 Å². The molecular weight excluding hydrogens is 156 g/mol. The van der Waals surface area contributed by atoms with E-state index in [9.17, 15) is 0 Å². The molecule has 0 saturated heterocycles. The fraction of sp³-hybridized carbons (Fsp3) is 0.800. The predicted molar refractivity (Wildman–Crippen MR) is 49.0 cm³/mol. The number of hydrogen-bond donors (Lipinski definition) is 1. The summed E-state index contributed by atoms with van der Waals surface area (Å²) in [6.07, 6.45) is 2.48. The third-order valence-electron chi connectivity index (χ3n) is 0.723. The molecule has 8 heavy (non-hydrogen) atoms. The first-order valence-corrected chi connectivity index (χ1v) is 4.47. The van der Waals surface area contributed by atoms with Crippen molar-refractivity contribution >= 4 is 40.1 Å². The van der Waals surface area contributed by atoms with E-state index >= 15 is 0 Å². The summed E-state index contributed by atoms with van der Waals surface area (Å²) in [6.45, 7) is 2.17. The van der Waals surface area contributed by atoms with Crippen LogP contribution in [0.4, 0.5) is 0 Å². The maximum Gasteiger partial charge on any atom is 0.101 e. The topological polar surface area (TPSA) is 0 Å². The van der Waals surface area contributed by atoms with Crippen LogP contribution >= 0.6 is 36.6 Å². The van der Waals surface area contributed by atoms with E-state index in [0.29, 0.717) is 0 Å². The van der Waals surface area contributed by atoms with Crippen molar-refractivity contribution in [2.75, 3.05) is 5.75 Å². The Morgan fingerprint density at radius 1 is 1.75 bits per heavy atom. The molecule has 3 heteroatoms. The summed E-state index contributed by atoms with van der Waals surface area (Å²) < 4.78 is 0.762. The minimum atomic E-state index is 0.762. The average molecular weight is 166 g/mol. The second-order valence-corrected chi connectivity index (χ2v) is 4.29. The molecule has 0 aliphatic rings. The van der Waals surface area contributed by atoms with Crippen molar-refractivity contribution in [1.82, 2.24) is 0 Å². The molecule has 0 aromatic heterocycles. The van der Waals surface area contributed by atoms with Gasteiger partial charge in [-0.2, -0.15) is 0 Å². The summed E-state index contributed by atoms with van der Waals surface area (Å²) in [5.74, 6) is 1.12. The van der Waals surface area contributed by atoms with Gasteiger partial charge in [-0.1, -0.05) is 25.6 Å². The number of thiocarbonyl (C=S) groups is 1. The first kappa shape index (κ1) is 8.79. The molecule has 0 spiro atoms. The third-order valence-corrected chi connectivity index (χ3v) is 2.20. The molecule has 0 aliphatic carbocycles. The molecule has 0 unspecified atom stereocenters.